The zero-order valence-corrected chi connectivity index (χ0v) is 12.0. The zero-order chi connectivity index (χ0) is 12.5. The van der Waals surface area contributed by atoms with Crippen LogP contribution in [0.5, 0.6) is 0 Å². The second-order valence-electron chi connectivity index (χ2n) is 5.44. The molecule has 0 bridgehead atoms. The second kappa shape index (κ2) is 8.93. The van der Waals surface area contributed by atoms with Crippen molar-refractivity contribution in [2.75, 3.05) is 13.2 Å². The van der Waals surface area contributed by atoms with Crippen LogP contribution in [0.3, 0.4) is 0 Å². The van der Waals surface area contributed by atoms with Crippen molar-refractivity contribution in [3.63, 3.8) is 0 Å². The third-order valence-electron chi connectivity index (χ3n) is 3.79. The first-order valence-electron chi connectivity index (χ1n) is 7.66. The van der Waals surface area contributed by atoms with Gasteiger partial charge in [-0.1, -0.05) is 33.6 Å². The number of rotatable bonds is 8. The summed E-state index contributed by atoms with van der Waals surface area (Å²) < 4.78 is 6.06. The van der Waals surface area contributed by atoms with Crippen LogP contribution in [0, 0.1) is 5.92 Å². The van der Waals surface area contributed by atoms with Crippen LogP contribution in [0.4, 0.5) is 0 Å². The summed E-state index contributed by atoms with van der Waals surface area (Å²) in [5.74, 6) is 0.904. The molecule has 1 saturated carbocycles. The lowest BCUT2D eigenvalue weighted by Gasteiger charge is -2.36. The molecule has 0 amide bonds. The van der Waals surface area contributed by atoms with E-state index in [1.807, 2.05) is 0 Å². The minimum Gasteiger partial charge on any atom is -0.377 e. The normalized spacial score (nSPS) is 29.5. The van der Waals surface area contributed by atoms with Gasteiger partial charge in [0.05, 0.1) is 6.10 Å². The third kappa shape index (κ3) is 5.39. The third-order valence-corrected chi connectivity index (χ3v) is 3.79. The van der Waals surface area contributed by atoms with Crippen molar-refractivity contribution in [1.82, 2.24) is 5.32 Å². The molecule has 2 heteroatoms. The fourth-order valence-electron chi connectivity index (χ4n) is 2.90. The van der Waals surface area contributed by atoms with Gasteiger partial charge in [-0.05, 0) is 44.6 Å². The van der Waals surface area contributed by atoms with Crippen LogP contribution < -0.4 is 5.32 Å². The summed E-state index contributed by atoms with van der Waals surface area (Å²) in [7, 11) is 0. The molecule has 0 radical (unpaired) electrons. The molecule has 0 aromatic heterocycles. The summed E-state index contributed by atoms with van der Waals surface area (Å²) in [6.45, 7) is 8.78. The van der Waals surface area contributed by atoms with Crippen LogP contribution in [0.15, 0.2) is 0 Å². The predicted octanol–water partition coefficient (Wildman–Crippen LogP) is 3.75. The highest BCUT2D eigenvalue weighted by Crippen LogP contribution is 2.30. The van der Waals surface area contributed by atoms with Gasteiger partial charge in [-0.2, -0.15) is 0 Å². The summed E-state index contributed by atoms with van der Waals surface area (Å²) in [6, 6.07) is 0.606. The number of nitrogens with one attached hydrogen (secondary N) is 1. The quantitative estimate of drug-likeness (QED) is 0.699. The Morgan fingerprint density at radius 2 is 1.88 bits per heavy atom. The van der Waals surface area contributed by atoms with Crippen LogP contribution >= 0.6 is 0 Å². The van der Waals surface area contributed by atoms with Gasteiger partial charge in [0.15, 0.2) is 0 Å². The Bertz CT molecular complexity index is 184. The van der Waals surface area contributed by atoms with E-state index in [4.69, 9.17) is 4.74 Å². The molecule has 3 unspecified atom stereocenters. The van der Waals surface area contributed by atoms with E-state index >= 15 is 0 Å². The van der Waals surface area contributed by atoms with Gasteiger partial charge < -0.3 is 10.1 Å². The van der Waals surface area contributed by atoms with Gasteiger partial charge in [0.25, 0.3) is 0 Å². The van der Waals surface area contributed by atoms with Crippen molar-refractivity contribution in [2.24, 2.45) is 5.92 Å². The average molecular weight is 241 g/mol. The van der Waals surface area contributed by atoms with Crippen LogP contribution in [-0.2, 0) is 4.74 Å². The van der Waals surface area contributed by atoms with Gasteiger partial charge in [0.2, 0.25) is 0 Å². The molecule has 0 aromatic rings. The predicted molar refractivity (Wildman–Crippen MR) is 74.4 cm³/mol. The maximum absolute atomic E-state index is 6.06. The van der Waals surface area contributed by atoms with Crippen molar-refractivity contribution >= 4 is 0 Å². The molecule has 102 valence electrons. The fraction of sp³-hybridized carbons (Fsp3) is 1.00. The first kappa shape index (κ1) is 15.0. The minimum atomic E-state index is 0.465. The summed E-state index contributed by atoms with van der Waals surface area (Å²) in [6.07, 6.45) is 9.48. The monoisotopic (exact) mass is 241 g/mol. The van der Waals surface area contributed by atoms with Crippen molar-refractivity contribution < 1.29 is 4.74 Å². The second-order valence-corrected chi connectivity index (χ2v) is 5.44. The molecule has 1 aliphatic carbocycles. The molecule has 1 aliphatic rings. The van der Waals surface area contributed by atoms with Crippen LogP contribution in [-0.4, -0.2) is 25.3 Å². The molecule has 0 spiro atoms. The van der Waals surface area contributed by atoms with E-state index in [9.17, 15) is 0 Å². The Balaban J connectivity index is 2.40. The van der Waals surface area contributed by atoms with Crippen molar-refractivity contribution in [1.29, 1.82) is 0 Å². The van der Waals surface area contributed by atoms with E-state index in [0.717, 1.165) is 25.5 Å². The lowest BCUT2D eigenvalue weighted by atomic mass is 9.81. The number of ether oxygens (including phenoxy) is 1. The first-order valence-corrected chi connectivity index (χ1v) is 7.66. The lowest BCUT2D eigenvalue weighted by Crippen LogP contribution is -2.46. The molecule has 0 aromatic carbocycles. The summed E-state index contributed by atoms with van der Waals surface area (Å²) in [5.41, 5.74) is 0. The molecule has 0 aliphatic heterocycles. The van der Waals surface area contributed by atoms with Crippen LogP contribution in [0.1, 0.15) is 65.7 Å². The molecular weight excluding hydrogens is 210 g/mol. The van der Waals surface area contributed by atoms with Gasteiger partial charge in [-0.15, -0.1) is 0 Å². The highest BCUT2D eigenvalue weighted by Gasteiger charge is 2.30. The van der Waals surface area contributed by atoms with Gasteiger partial charge in [-0.3, -0.25) is 0 Å². The van der Waals surface area contributed by atoms with Gasteiger partial charge >= 0.3 is 0 Å². The maximum Gasteiger partial charge on any atom is 0.0730 e. The van der Waals surface area contributed by atoms with Crippen LogP contribution in [0.2, 0.25) is 0 Å². The molecule has 1 rings (SSSR count). The standard InChI is InChI=1S/C15H31NO/c1-4-7-13-8-9-14(16-10-5-2)15(12-13)17-11-6-3/h13-16H,4-12H2,1-3H3. The van der Waals surface area contributed by atoms with Crippen LogP contribution in [0.25, 0.3) is 0 Å². The van der Waals surface area contributed by atoms with E-state index < -0.39 is 0 Å². The molecule has 0 heterocycles. The highest BCUT2D eigenvalue weighted by molar-refractivity contribution is 4.85. The Morgan fingerprint density at radius 1 is 1.06 bits per heavy atom. The van der Waals surface area contributed by atoms with E-state index in [1.54, 1.807) is 0 Å². The van der Waals surface area contributed by atoms with Crippen molar-refractivity contribution in [2.45, 2.75) is 77.9 Å². The average Bonchev–Trinajstić information content (AvgIpc) is 2.35. The minimum absolute atomic E-state index is 0.465. The smallest absolute Gasteiger partial charge is 0.0730 e. The van der Waals surface area contributed by atoms with Gasteiger partial charge in [-0.25, -0.2) is 0 Å². The van der Waals surface area contributed by atoms with Gasteiger partial charge in [0, 0.05) is 12.6 Å². The SMILES string of the molecule is CCCNC1CCC(CCC)CC1OCCC. The largest absolute Gasteiger partial charge is 0.377 e. The molecule has 17 heavy (non-hydrogen) atoms. The Hall–Kier alpha value is -0.0800. The highest BCUT2D eigenvalue weighted by atomic mass is 16.5. The van der Waals surface area contributed by atoms with Gasteiger partial charge in [0.1, 0.15) is 0 Å². The molecule has 1 fully saturated rings. The number of hydrogen-bond donors (Lipinski definition) is 1. The van der Waals surface area contributed by atoms with Crippen molar-refractivity contribution in [3.8, 4) is 0 Å². The zero-order valence-electron chi connectivity index (χ0n) is 12.0. The molecule has 2 nitrogen and oxygen atoms in total. The van der Waals surface area contributed by atoms with E-state index in [-0.39, 0.29) is 0 Å². The first-order chi connectivity index (χ1) is 8.31. The number of hydrogen-bond acceptors (Lipinski definition) is 2. The lowest BCUT2D eigenvalue weighted by molar-refractivity contribution is -0.0107. The molecular formula is C15H31NO. The summed E-state index contributed by atoms with van der Waals surface area (Å²) in [4.78, 5) is 0. The Labute approximate surface area is 108 Å². The molecule has 3 atom stereocenters. The van der Waals surface area contributed by atoms with E-state index in [0.29, 0.717) is 12.1 Å². The molecule has 0 saturated heterocycles. The maximum atomic E-state index is 6.06. The van der Waals surface area contributed by atoms with E-state index in [2.05, 4.69) is 26.1 Å². The van der Waals surface area contributed by atoms with E-state index in [1.165, 1.54) is 38.5 Å². The summed E-state index contributed by atoms with van der Waals surface area (Å²) >= 11 is 0. The summed E-state index contributed by atoms with van der Waals surface area (Å²) in [5, 5.41) is 3.67. The topological polar surface area (TPSA) is 21.3 Å². The van der Waals surface area contributed by atoms with Crippen molar-refractivity contribution in [3.05, 3.63) is 0 Å². The Morgan fingerprint density at radius 3 is 2.53 bits per heavy atom. The fourth-order valence-corrected chi connectivity index (χ4v) is 2.90. The molecule has 1 N–H and O–H groups in total. The Kier molecular flexibility index (Phi) is 7.87.